The summed E-state index contributed by atoms with van der Waals surface area (Å²) >= 11 is 0. The molecule has 5 heteroatoms. The predicted octanol–water partition coefficient (Wildman–Crippen LogP) is 3.87. The Morgan fingerprint density at radius 2 is 1.76 bits per heavy atom. The molecule has 0 aromatic heterocycles. The molecular weight excluding hydrogens is 316 g/mol. The Kier molecular flexibility index (Phi) is 5.80. The summed E-state index contributed by atoms with van der Waals surface area (Å²) in [6.07, 6.45) is 1.51. The first-order chi connectivity index (χ1) is 12.0. The minimum Gasteiger partial charge on any atom is -0.497 e. The lowest BCUT2D eigenvalue weighted by Gasteiger charge is -2.10. The SMILES string of the molecule is COc1cc(/C=C(\C#N)C(=O)Nc2cccc(C)c2C)cc(OC)c1. The second-order valence-electron chi connectivity index (χ2n) is 5.52. The molecule has 0 atom stereocenters. The van der Waals surface area contributed by atoms with Gasteiger partial charge in [0.1, 0.15) is 23.1 Å². The maximum Gasteiger partial charge on any atom is 0.266 e. The van der Waals surface area contributed by atoms with Crippen LogP contribution in [0.4, 0.5) is 5.69 Å². The van der Waals surface area contributed by atoms with Crippen molar-refractivity contribution in [2.24, 2.45) is 0 Å². The van der Waals surface area contributed by atoms with E-state index < -0.39 is 5.91 Å². The topological polar surface area (TPSA) is 71.3 Å². The minimum absolute atomic E-state index is 0.00351. The lowest BCUT2D eigenvalue weighted by molar-refractivity contribution is -0.112. The molecule has 2 aromatic rings. The molecule has 0 spiro atoms. The number of carbonyl (C=O) groups is 1. The molecule has 0 unspecified atom stereocenters. The van der Waals surface area contributed by atoms with Crippen molar-refractivity contribution in [1.82, 2.24) is 0 Å². The van der Waals surface area contributed by atoms with Crippen LogP contribution in [0.25, 0.3) is 6.08 Å². The van der Waals surface area contributed by atoms with Gasteiger partial charge in [0.25, 0.3) is 5.91 Å². The van der Waals surface area contributed by atoms with Gasteiger partial charge >= 0.3 is 0 Å². The van der Waals surface area contributed by atoms with Crippen molar-refractivity contribution in [2.45, 2.75) is 13.8 Å². The average molecular weight is 336 g/mol. The molecule has 0 saturated carbocycles. The zero-order chi connectivity index (χ0) is 18.4. The van der Waals surface area contributed by atoms with Gasteiger partial charge in [-0.1, -0.05) is 12.1 Å². The van der Waals surface area contributed by atoms with E-state index in [4.69, 9.17) is 9.47 Å². The molecule has 0 radical (unpaired) electrons. The zero-order valence-electron chi connectivity index (χ0n) is 14.7. The van der Waals surface area contributed by atoms with E-state index in [9.17, 15) is 10.1 Å². The number of aryl methyl sites for hydroxylation is 1. The van der Waals surface area contributed by atoms with E-state index in [2.05, 4.69) is 5.32 Å². The fourth-order valence-electron chi connectivity index (χ4n) is 2.30. The van der Waals surface area contributed by atoms with Crippen LogP contribution >= 0.6 is 0 Å². The first-order valence-electron chi connectivity index (χ1n) is 7.71. The van der Waals surface area contributed by atoms with E-state index in [0.717, 1.165) is 11.1 Å². The number of rotatable bonds is 5. The second-order valence-corrected chi connectivity index (χ2v) is 5.52. The fourth-order valence-corrected chi connectivity index (χ4v) is 2.30. The van der Waals surface area contributed by atoms with Crippen LogP contribution in [0.15, 0.2) is 42.0 Å². The van der Waals surface area contributed by atoms with E-state index in [1.54, 1.807) is 32.4 Å². The highest BCUT2D eigenvalue weighted by molar-refractivity contribution is 6.10. The smallest absolute Gasteiger partial charge is 0.266 e. The van der Waals surface area contributed by atoms with E-state index >= 15 is 0 Å². The van der Waals surface area contributed by atoms with Crippen molar-refractivity contribution in [2.75, 3.05) is 19.5 Å². The van der Waals surface area contributed by atoms with Crippen LogP contribution in [0.2, 0.25) is 0 Å². The highest BCUT2D eigenvalue weighted by Gasteiger charge is 2.12. The van der Waals surface area contributed by atoms with Crippen molar-refractivity contribution in [3.63, 3.8) is 0 Å². The van der Waals surface area contributed by atoms with Gasteiger partial charge in [-0.05, 0) is 54.8 Å². The van der Waals surface area contributed by atoms with Gasteiger partial charge in [-0.25, -0.2) is 0 Å². The molecule has 0 aliphatic rings. The highest BCUT2D eigenvalue weighted by Crippen LogP contribution is 2.24. The van der Waals surface area contributed by atoms with Gasteiger partial charge in [0.15, 0.2) is 0 Å². The largest absolute Gasteiger partial charge is 0.497 e. The van der Waals surface area contributed by atoms with Crippen molar-refractivity contribution < 1.29 is 14.3 Å². The Morgan fingerprint density at radius 3 is 2.32 bits per heavy atom. The maximum absolute atomic E-state index is 12.5. The second kappa shape index (κ2) is 8.02. The fraction of sp³-hybridized carbons (Fsp3) is 0.200. The third-order valence-corrected chi connectivity index (χ3v) is 3.90. The standard InChI is InChI=1S/C20H20N2O3/c1-13-6-5-7-19(14(13)2)22-20(23)16(12-21)8-15-9-17(24-3)11-18(10-15)25-4/h5-11H,1-4H3,(H,22,23)/b16-8+. The molecule has 128 valence electrons. The van der Waals surface area contributed by atoms with Gasteiger partial charge in [0.05, 0.1) is 14.2 Å². The van der Waals surface area contributed by atoms with Crippen LogP contribution < -0.4 is 14.8 Å². The third-order valence-electron chi connectivity index (χ3n) is 3.90. The van der Waals surface area contributed by atoms with Crippen LogP contribution in [0.1, 0.15) is 16.7 Å². The summed E-state index contributed by atoms with van der Waals surface area (Å²) in [5.74, 6) is 0.702. The molecule has 0 fully saturated rings. The molecule has 0 aliphatic carbocycles. The minimum atomic E-state index is -0.460. The summed E-state index contributed by atoms with van der Waals surface area (Å²) in [4.78, 5) is 12.5. The van der Waals surface area contributed by atoms with Gasteiger partial charge in [-0.15, -0.1) is 0 Å². The molecule has 0 bridgehead atoms. The quantitative estimate of drug-likeness (QED) is 0.665. The Labute approximate surface area is 147 Å². The third kappa shape index (κ3) is 4.39. The number of amides is 1. The maximum atomic E-state index is 12.5. The molecule has 1 N–H and O–H groups in total. The van der Waals surface area contributed by atoms with Crippen LogP contribution in [0.3, 0.4) is 0 Å². The molecular formula is C20H20N2O3. The van der Waals surface area contributed by atoms with E-state index in [1.165, 1.54) is 6.08 Å². The van der Waals surface area contributed by atoms with Crippen molar-refractivity contribution in [3.8, 4) is 17.6 Å². The molecule has 0 aliphatic heterocycles. The lowest BCUT2D eigenvalue weighted by Crippen LogP contribution is -2.14. The number of anilines is 1. The molecule has 25 heavy (non-hydrogen) atoms. The number of methoxy groups -OCH3 is 2. The Morgan fingerprint density at radius 1 is 1.12 bits per heavy atom. The number of hydrogen-bond acceptors (Lipinski definition) is 4. The Hall–Kier alpha value is -3.26. The van der Waals surface area contributed by atoms with Gasteiger partial charge < -0.3 is 14.8 Å². The molecule has 1 amide bonds. The summed E-state index contributed by atoms with van der Waals surface area (Å²) in [6, 6.07) is 12.8. The molecule has 0 heterocycles. The summed E-state index contributed by atoms with van der Waals surface area (Å²) in [6.45, 7) is 3.89. The number of carbonyl (C=O) groups excluding carboxylic acids is 1. The Bertz CT molecular complexity index is 841. The summed E-state index contributed by atoms with van der Waals surface area (Å²) in [7, 11) is 3.08. The normalized spacial score (nSPS) is 10.8. The summed E-state index contributed by atoms with van der Waals surface area (Å²) < 4.78 is 10.4. The highest BCUT2D eigenvalue weighted by atomic mass is 16.5. The van der Waals surface area contributed by atoms with E-state index in [-0.39, 0.29) is 5.57 Å². The lowest BCUT2D eigenvalue weighted by atomic mass is 10.1. The van der Waals surface area contributed by atoms with Crippen LogP contribution in [-0.4, -0.2) is 20.1 Å². The number of benzene rings is 2. The molecule has 5 nitrogen and oxygen atoms in total. The first-order valence-corrected chi connectivity index (χ1v) is 7.71. The first kappa shape index (κ1) is 18.1. The van der Waals surface area contributed by atoms with Crippen LogP contribution in [0, 0.1) is 25.2 Å². The van der Waals surface area contributed by atoms with E-state index in [0.29, 0.717) is 22.7 Å². The van der Waals surface area contributed by atoms with Crippen molar-refractivity contribution in [1.29, 1.82) is 5.26 Å². The van der Waals surface area contributed by atoms with E-state index in [1.807, 2.05) is 38.1 Å². The van der Waals surface area contributed by atoms with Crippen molar-refractivity contribution in [3.05, 3.63) is 58.7 Å². The molecule has 2 aromatic carbocycles. The van der Waals surface area contributed by atoms with Gasteiger partial charge in [-0.2, -0.15) is 5.26 Å². The predicted molar refractivity (Wildman–Crippen MR) is 97.7 cm³/mol. The number of hydrogen-bond donors (Lipinski definition) is 1. The number of ether oxygens (including phenoxy) is 2. The summed E-state index contributed by atoms with van der Waals surface area (Å²) in [5.41, 5.74) is 3.36. The monoisotopic (exact) mass is 336 g/mol. The van der Waals surface area contributed by atoms with Crippen LogP contribution in [0.5, 0.6) is 11.5 Å². The van der Waals surface area contributed by atoms with Gasteiger partial charge in [0, 0.05) is 11.8 Å². The molecule has 0 saturated heterocycles. The van der Waals surface area contributed by atoms with Crippen LogP contribution in [-0.2, 0) is 4.79 Å². The molecule has 2 rings (SSSR count). The van der Waals surface area contributed by atoms with Gasteiger partial charge in [0.2, 0.25) is 0 Å². The zero-order valence-corrected chi connectivity index (χ0v) is 14.7. The number of nitriles is 1. The van der Waals surface area contributed by atoms with Crippen molar-refractivity contribution >= 4 is 17.7 Å². The Balaban J connectivity index is 2.32. The summed E-state index contributed by atoms with van der Waals surface area (Å²) in [5, 5.41) is 12.2. The van der Waals surface area contributed by atoms with Gasteiger partial charge in [-0.3, -0.25) is 4.79 Å². The number of nitrogens with zero attached hydrogens (tertiary/aromatic N) is 1. The number of nitrogens with one attached hydrogen (secondary N) is 1. The average Bonchev–Trinajstić information content (AvgIpc) is 2.62.